The zero-order valence-electron chi connectivity index (χ0n) is 16.6. The summed E-state index contributed by atoms with van der Waals surface area (Å²) < 4.78 is 24.4. The average Bonchev–Trinajstić information content (AvgIpc) is 3.04. The maximum atomic E-state index is 13.2. The molecule has 1 heterocycles. The van der Waals surface area contributed by atoms with Gasteiger partial charge in [-0.05, 0) is 45.1 Å². The third-order valence-electron chi connectivity index (χ3n) is 5.00. The van der Waals surface area contributed by atoms with E-state index in [4.69, 9.17) is 0 Å². The number of rotatable bonds is 6. The van der Waals surface area contributed by atoms with E-state index in [1.54, 1.807) is 23.1 Å². The van der Waals surface area contributed by atoms with Crippen LogP contribution in [0.15, 0.2) is 23.1 Å². The first-order valence-corrected chi connectivity index (χ1v) is 12.0. The van der Waals surface area contributed by atoms with Gasteiger partial charge in [0.25, 0.3) is 0 Å². The lowest BCUT2D eigenvalue weighted by atomic mass is 9.88. The van der Waals surface area contributed by atoms with Gasteiger partial charge in [0.05, 0.1) is 15.1 Å². The summed E-state index contributed by atoms with van der Waals surface area (Å²) in [5, 5.41) is 0.660. The summed E-state index contributed by atoms with van der Waals surface area (Å²) in [6.07, 6.45) is 6.51. The number of nitrogens with zero attached hydrogens (tertiary/aromatic N) is 3. The number of anilines is 1. The number of hydrogen-bond acceptors (Lipinski definition) is 6. The second kappa shape index (κ2) is 9.52. The zero-order chi connectivity index (χ0) is 19.6. The fourth-order valence-electron chi connectivity index (χ4n) is 3.41. The molecule has 2 aromatic rings. The molecular formula is C19H28ClN3O3S2. The van der Waals surface area contributed by atoms with E-state index in [-0.39, 0.29) is 29.1 Å². The SMILES string of the molecule is CN(C)CCN(C(=O)C1CCCCC1)c1nc2ccc(S(C)(=O)=O)cc2s1.Cl. The molecule has 1 aromatic heterocycles. The molecule has 0 saturated heterocycles. The van der Waals surface area contributed by atoms with Gasteiger partial charge in [-0.3, -0.25) is 9.69 Å². The molecule has 1 saturated carbocycles. The van der Waals surface area contributed by atoms with Gasteiger partial charge in [-0.15, -0.1) is 12.4 Å². The van der Waals surface area contributed by atoms with Gasteiger partial charge < -0.3 is 4.90 Å². The molecule has 0 N–H and O–H groups in total. The normalized spacial score (nSPS) is 15.6. The van der Waals surface area contributed by atoms with Crippen molar-refractivity contribution in [3.63, 3.8) is 0 Å². The van der Waals surface area contributed by atoms with Crippen LogP contribution in [0.2, 0.25) is 0 Å². The van der Waals surface area contributed by atoms with Crippen LogP contribution < -0.4 is 4.90 Å². The van der Waals surface area contributed by atoms with Crippen molar-refractivity contribution in [1.82, 2.24) is 9.88 Å². The monoisotopic (exact) mass is 445 g/mol. The first kappa shape index (κ1) is 23.1. The number of aromatic nitrogens is 1. The Bertz CT molecular complexity index is 922. The number of benzene rings is 1. The van der Waals surface area contributed by atoms with Gasteiger partial charge in [-0.1, -0.05) is 30.6 Å². The van der Waals surface area contributed by atoms with Crippen LogP contribution in [0, 0.1) is 5.92 Å². The predicted octanol–water partition coefficient (Wildman–Crippen LogP) is 3.60. The lowest BCUT2D eigenvalue weighted by Crippen LogP contribution is -2.41. The molecule has 0 aliphatic heterocycles. The number of thiazole rings is 1. The molecule has 1 aromatic carbocycles. The Morgan fingerprint density at radius 1 is 1.18 bits per heavy atom. The van der Waals surface area contributed by atoms with Gasteiger partial charge in [0, 0.05) is 25.3 Å². The number of sulfone groups is 1. The molecular weight excluding hydrogens is 418 g/mol. The highest BCUT2D eigenvalue weighted by atomic mass is 35.5. The number of hydrogen-bond donors (Lipinski definition) is 0. The third kappa shape index (κ3) is 5.43. The van der Waals surface area contributed by atoms with Crippen molar-refractivity contribution >= 4 is 54.8 Å². The van der Waals surface area contributed by atoms with Crippen LogP contribution in [0.3, 0.4) is 0 Å². The molecule has 0 spiro atoms. The summed E-state index contributed by atoms with van der Waals surface area (Å²) in [5.41, 5.74) is 0.730. The van der Waals surface area contributed by atoms with Crippen LogP contribution in [0.25, 0.3) is 10.2 Å². The number of fused-ring (bicyclic) bond motifs is 1. The van der Waals surface area contributed by atoms with Gasteiger partial charge in [0.2, 0.25) is 5.91 Å². The summed E-state index contributed by atoms with van der Waals surface area (Å²) >= 11 is 1.39. The minimum atomic E-state index is -3.27. The van der Waals surface area contributed by atoms with E-state index in [2.05, 4.69) is 9.88 Å². The Hall–Kier alpha value is -1.22. The average molecular weight is 446 g/mol. The Morgan fingerprint density at radius 3 is 2.46 bits per heavy atom. The predicted molar refractivity (Wildman–Crippen MR) is 117 cm³/mol. The summed E-state index contributed by atoms with van der Waals surface area (Å²) in [4.78, 5) is 22.0. The molecule has 28 heavy (non-hydrogen) atoms. The highest BCUT2D eigenvalue weighted by Gasteiger charge is 2.28. The largest absolute Gasteiger partial charge is 0.308 e. The fraction of sp³-hybridized carbons (Fsp3) is 0.579. The van der Waals surface area contributed by atoms with E-state index in [1.807, 2.05) is 14.1 Å². The number of carbonyl (C=O) groups excluding carboxylic acids is 1. The van der Waals surface area contributed by atoms with E-state index in [0.717, 1.165) is 42.4 Å². The number of amides is 1. The van der Waals surface area contributed by atoms with Gasteiger partial charge in [-0.2, -0.15) is 0 Å². The molecule has 1 amide bonds. The molecule has 0 atom stereocenters. The topological polar surface area (TPSA) is 70.6 Å². The third-order valence-corrected chi connectivity index (χ3v) is 7.15. The number of carbonyl (C=O) groups is 1. The van der Waals surface area contributed by atoms with Gasteiger partial charge >= 0.3 is 0 Å². The molecule has 156 valence electrons. The smallest absolute Gasteiger partial charge is 0.231 e. The van der Waals surface area contributed by atoms with Gasteiger partial charge in [0.1, 0.15) is 0 Å². The van der Waals surface area contributed by atoms with Crippen molar-refractivity contribution in [2.24, 2.45) is 5.92 Å². The minimum Gasteiger partial charge on any atom is -0.308 e. The Morgan fingerprint density at radius 2 is 1.86 bits per heavy atom. The van der Waals surface area contributed by atoms with Crippen molar-refractivity contribution in [1.29, 1.82) is 0 Å². The van der Waals surface area contributed by atoms with Crippen molar-refractivity contribution in [2.75, 3.05) is 38.3 Å². The molecule has 0 unspecified atom stereocenters. The highest BCUT2D eigenvalue weighted by Crippen LogP contribution is 2.33. The van der Waals surface area contributed by atoms with Crippen LogP contribution in [-0.4, -0.2) is 57.6 Å². The number of likely N-dealkylation sites (N-methyl/N-ethyl adjacent to an activating group) is 1. The van der Waals surface area contributed by atoms with Crippen LogP contribution in [-0.2, 0) is 14.6 Å². The first-order valence-electron chi connectivity index (χ1n) is 9.32. The molecule has 3 rings (SSSR count). The van der Waals surface area contributed by atoms with Gasteiger partial charge in [-0.25, -0.2) is 13.4 Å². The Labute approximate surface area is 177 Å². The van der Waals surface area contributed by atoms with Crippen molar-refractivity contribution in [3.05, 3.63) is 18.2 Å². The summed E-state index contributed by atoms with van der Waals surface area (Å²) in [7, 11) is 0.704. The van der Waals surface area contributed by atoms with Crippen molar-refractivity contribution in [2.45, 2.75) is 37.0 Å². The summed E-state index contributed by atoms with van der Waals surface area (Å²) in [5.74, 6) is 0.221. The molecule has 1 fully saturated rings. The van der Waals surface area contributed by atoms with Crippen LogP contribution in [0.1, 0.15) is 32.1 Å². The molecule has 0 radical (unpaired) electrons. The van der Waals surface area contributed by atoms with Crippen LogP contribution in [0.5, 0.6) is 0 Å². The zero-order valence-corrected chi connectivity index (χ0v) is 19.0. The van der Waals surface area contributed by atoms with Crippen molar-refractivity contribution < 1.29 is 13.2 Å². The first-order chi connectivity index (χ1) is 12.8. The van der Waals surface area contributed by atoms with Crippen molar-refractivity contribution in [3.8, 4) is 0 Å². The lowest BCUT2D eigenvalue weighted by Gasteiger charge is -2.28. The maximum absolute atomic E-state index is 13.2. The minimum absolute atomic E-state index is 0. The van der Waals surface area contributed by atoms with E-state index in [0.29, 0.717) is 11.7 Å². The van der Waals surface area contributed by atoms with E-state index >= 15 is 0 Å². The summed E-state index contributed by atoms with van der Waals surface area (Å²) in [6.45, 7) is 1.34. The summed E-state index contributed by atoms with van der Waals surface area (Å²) in [6, 6.07) is 4.95. The molecule has 9 heteroatoms. The Kier molecular flexibility index (Phi) is 7.84. The van der Waals surface area contributed by atoms with E-state index in [1.165, 1.54) is 24.0 Å². The Balaban J connectivity index is 0.00000280. The molecule has 1 aliphatic carbocycles. The quantitative estimate of drug-likeness (QED) is 0.679. The van der Waals surface area contributed by atoms with Crippen LogP contribution >= 0.6 is 23.7 Å². The molecule has 1 aliphatic rings. The fourth-order valence-corrected chi connectivity index (χ4v) is 5.17. The van der Waals surface area contributed by atoms with E-state index < -0.39 is 9.84 Å². The molecule has 0 bridgehead atoms. The standard InChI is InChI=1S/C19H27N3O3S2.ClH/c1-21(2)11-12-22(18(23)14-7-5-4-6-8-14)19-20-16-10-9-15(27(3,24)25)13-17(16)26-19;/h9-10,13-14H,4-8,11-12H2,1-3H3;1H. The maximum Gasteiger partial charge on any atom is 0.231 e. The second-order valence-electron chi connectivity index (χ2n) is 7.53. The van der Waals surface area contributed by atoms with Gasteiger partial charge in [0.15, 0.2) is 15.0 Å². The van der Waals surface area contributed by atoms with Crippen LogP contribution in [0.4, 0.5) is 5.13 Å². The molecule has 6 nitrogen and oxygen atoms in total. The second-order valence-corrected chi connectivity index (χ2v) is 10.6. The highest BCUT2D eigenvalue weighted by molar-refractivity contribution is 7.90. The van der Waals surface area contributed by atoms with E-state index in [9.17, 15) is 13.2 Å². The lowest BCUT2D eigenvalue weighted by molar-refractivity contribution is -0.123. The number of halogens is 1.